The number of nitrogens with zero attached hydrogens (tertiary/aromatic N) is 4. The normalized spacial score (nSPS) is 15.2. The number of benzene rings is 2. The molecule has 0 radical (unpaired) electrons. The number of fused-ring (bicyclic) bond motifs is 1. The molecule has 9 nitrogen and oxygen atoms in total. The van der Waals surface area contributed by atoms with Crippen LogP contribution in [-0.2, 0) is 14.8 Å². The number of hydrogen-bond acceptors (Lipinski definition) is 8. The molecule has 3 aromatic rings. The van der Waals surface area contributed by atoms with Gasteiger partial charge in [-0.05, 0) is 62.3 Å². The van der Waals surface area contributed by atoms with Crippen molar-refractivity contribution in [1.29, 1.82) is 0 Å². The fourth-order valence-corrected chi connectivity index (χ4v) is 7.22. The summed E-state index contributed by atoms with van der Waals surface area (Å²) in [6, 6.07) is 12.2. The van der Waals surface area contributed by atoms with Crippen LogP contribution in [0.3, 0.4) is 0 Å². The summed E-state index contributed by atoms with van der Waals surface area (Å²) in [6.07, 6.45) is 0.925. The number of para-hydroxylation sites is 1. The quantitative estimate of drug-likeness (QED) is 0.349. The summed E-state index contributed by atoms with van der Waals surface area (Å²) < 4.78 is 39.4. The molecule has 0 unspecified atom stereocenters. The first-order chi connectivity index (χ1) is 18.3. The fourth-order valence-electron chi connectivity index (χ4n) is 4.73. The lowest BCUT2D eigenvalue weighted by Gasteiger charge is -2.33. The first kappa shape index (κ1) is 28.3. The molecule has 2 aromatic carbocycles. The zero-order valence-corrected chi connectivity index (χ0v) is 24.1. The molecular weight excluding hydrogens is 524 g/mol. The predicted molar refractivity (Wildman–Crippen MR) is 151 cm³/mol. The molecule has 0 atom stereocenters. The molecule has 4 rings (SSSR count). The molecule has 1 fully saturated rings. The number of methoxy groups -OCH3 is 2. The van der Waals surface area contributed by atoms with Gasteiger partial charge in [0.2, 0.25) is 15.9 Å². The Morgan fingerprint density at radius 3 is 2.32 bits per heavy atom. The van der Waals surface area contributed by atoms with Crippen LogP contribution in [0.25, 0.3) is 10.2 Å². The molecule has 1 amide bonds. The SMILES string of the molecule is CCN(CC)CCN(C(=O)C1CCN(S(=O)(=O)c2ccc(OC)cc2)CC1)c1nc2c(OC)cccc2s1. The van der Waals surface area contributed by atoms with Gasteiger partial charge in [0.1, 0.15) is 17.0 Å². The van der Waals surface area contributed by atoms with Crippen molar-refractivity contribution in [1.82, 2.24) is 14.2 Å². The van der Waals surface area contributed by atoms with Crippen LogP contribution < -0.4 is 14.4 Å². The molecule has 0 aliphatic carbocycles. The van der Waals surface area contributed by atoms with E-state index in [-0.39, 0.29) is 16.7 Å². The summed E-state index contributed by atoms with van der Waals surface area (Å²) in [5.74, 6) is 1.00. The molecule has 0 spiro atoms. The van der Waals surface area contributed by atoms with Gasteiger partial charge in [-0.1, -0.05) is 31.3 Å². The zero-order chi connectivity index (χ0) is 27.3. The van der Waals surface area contributed by atoms with Gasteiger partial charge in [0, 0.05) is 32.1 Å². The van der Waals surface area contributed by atoms with E-state index in [0.29, 0.717) is 49.1 Å². The number of hydrogen-bond donors (Lipinski definition) is 0. The van der Waals surface area contributed by atoms with E-state index in [0.717, 1.165) is 29.9 Å². The van der Waals surface area contributed by atoms with Gasteiger partial charge in [0.15, 0.2) is 5.13 Å². The fraction of sp³-hybridized carbons (Fsp3) is 0.481. The number of ether oxygens (including phenoxy) is 2. The van der Waals surface area contributed by atoms with E-state index in [1.807, 2.05) is 18.2 Å². The molecule has 1 aliphatic rings. The van der Waals surface area contributed by atoms with Gasteiger partial charge in [-0.2, -0.15) is 4.31 Å². The van der Waals surface area contributed by atoms with Gasteiger partial charge in [-0.3, -0.25) is 9.69 Å². The van der Waals surface area contributed by atoms with Crippen molar-refractivity contribution in [3.63, 3.8) is 0 Å². The first-order valence-corrected chi connectivity index (χ1v) is 15.2. The standard InChI is InChI=1S/C27H36N4O5S2/c1-5-29(6-2)18-19-31(27-28-25-23(36-4)8-7-9-24(25)37-27)26(32)20-14-16-30(17-15-20)38(33,34)22-12-10-21(35-3)11-13-22/h7-13,20H,5-6,14-19H2,1-4H3. The molecular formula is C27H36N4O5S2. The van der Waals surface area contributed by atoms with E-state index >= 15 is 0 Å². The maximum atomic E-state index is 13.9. The Morgan fingerprint density at radius 1 is 1.03 bits per heavy atom. The van der Waals surface area contributed by atoms with E-state index in [4.69, 9.17) is 14.5 Å². The minimum Gasteiger partial charge on any atom is -0.497 e. The van der Waals surface area contributed by atoms with Crippen molar-refractivity contribution < 1.29 is 22.7 Å². The molecule has 38 heavy (non-hydrogen) atoms. The van der Waals surface area contributed by atoms with Crippen molar-refractivity contribution >= 4 is 42.6 Å². The van der Waals surface area contributed by atoms with Crippen molar-refractivity contribution in [3.05, 3.63) is 42.5 Å². The summed E-state index contributed by atoms with van der Waals surface area (Å²) in [7, 11) is -0.481. The molecule has 0 saturated carbocycles. The molecule has 206 valence electrons. The Balaban J connectivity index is 1.52. The number of aromatic nitrogens is 1. The van der Waals surface area contributed by atoms with Crippen LogP contribution in [0.4, 0.5) is 5.13 Å². The average Bonchev–Trinajstić information content (AvgIpc) is 3.39. The van der Waals surface area contributed by atoms with Crippen LogP contribution in [0, 0.1) is 5.92 Å². The Bertz CT molecular complexity index is 1330. The lowest BCUT2D eigenvalue weighted by atomic mass is 9.96. The van der Waals surface area contributed by atoms with Crippen molar-refractivity contribution in [3.8, 4) is 11.5 Å². The summed E-state index contributed by atoms with van der Waals surface area (Å²) in [6.45, 7) is 7.85. The van der Waals surface area contributed by atoms with Gasteiger partial charge in [-0.25, -0.2) is 13.4 Å². The monoisotopic (exact) mass is 560 g/mol. The lowest BCUT2D eigenvalue weighted by Crippen LogP contribution is -2.46. The summed E-state index contributed by atoms with van der Waals surface area (Å²) in [5, 5.41) is 0.648. The second-order valence-corrected chi connectivity index (χ2v) is 12.1. The van der Waals surface area contributed by atoms with E-state index in [1.54, 1.807) is 43.4 Å². The van der Waals surface area contributed by atoms with Gasteiger partial charge >= 0.3 is 0 Å². The van der Waals surface area contributed by atoms with Crippen LogP contribution in [-0.4, -0.2) is 82.0 Å². The molecule has 1 aliphatic heterocycles. The highest BCUT2D eigenvalue weighted by atomic mass is 32.2. The van der Waals surface area contributed by atoms with Crippen LogP contribution in [0.5, 0.6) is 11.5 Å². The van der Waals surface area contributed by atoms with Crippen LogP contribution in [0.15, 0.2) is 47.4 Å². The van der Waals surface area contributed by atoms with Gasteiger partial charge in [0.05, 0.1) is 23.8 Å². The third kappa shape index (κ3) is 5.96. The minimum absolute atomic E-state index is 0.00308. The van der Waals surface area contributed by atoms with E-state index < -0.39 is 10.0 Å². The average molecular weight is 561 g/mol. The second kappa shape index (κ2) is 12.4. The number of anilines is 1. The summed E-state index contributed by atoms with van der Waals surface area (Å²) in [5.41, 5.74) is 0.746. The Labute approximate surface area is 229 Å². The molecule has 0 N–H and O–H groups in total. The maximum absolute atomic E-state index is 13.9. The van der Waals surface area contributed by atoms with E-state index in [9.17, 15) is 13.2 Å². The van der Waals surface area contributed by atoms with Crippen molar-refractivity contribution in [2.24, 2.45) is 5.92 Å². The molecule has 2 heterocycles. The Kier molecular flexibility index (Phi) is 9.24. The minimum atomic E-state index is -3.64. The largest absolute Gasteiger partial charge is 0.497 e. The van der Waals surface area contributed by atoms with Crippen LogP contribution in [0.2, 0.25) is 0 Å². The summed E-state index contributed by atoms with van der Waals surface area (Å²) >= 11 is 1.48. The highest BCUT2D eigenvalue weighted by molar-refractivity contribution is 7.89. The Hall–Kier alpha value is -2.73. The van der Waals surface area contributed by atoms with Crippen LogP contribution >= 0.6 is 11.3 Å². The van der Waals surface area contributed by atoms with Gasteiger partial charge in [-0.15, -0.1) is 0 Å². The summed E-state index contributed by atoms with van der Waals surface area (Å²) in [4.78, 5) is 23.0. The van der Waals surface area contributed by atoms with Gasteiger partial charge in [0.25, 0.3) is 0 Å². The predicted octanol–water partition coefficient (Wildman–Crippen LogP) is 4.09. The van der Waals surface area contributed by atoms with Crippen molar-refractivity contribution in [2.75, 3.05) is 58.4 Å². The second-order valence-electron chi connectivity index (χ2n) is 9.17. The van der Waals surface area contributed by atoms with E-state index in [1.165, 1.54) is 15.6 Å². The number of thiazole rings is 1. The van der Waals surface area contributed by atoms with E-state index in [2.05, 4.69) is 18.7 Å². The smallest absolute Gasteiger partial charge is 0.243 e. The highest BCUT2D eigenvalue weighted by Gasteiger charge is 2.35. The number of piperidine rings is 1. The third-order valence-electron chi connectivity index (χ3n) is 7.12. The third-order valence-corrected chi connectivity index (χ3v) is 10.1. The zero-order valence-electron chi connectivity index (χ0n) is 22.4. The highest BCUT2D eigenvalue weighted by Crippen LogP contribution is 2.35. The molecule has 1 aromatic heterocycles. The Morgan fingerprint density at radius 2 is 1.71 bits per heavy atom. The van der Waals surface area contributed by atoms with Crippen LogP contribution in [0.1, 0.15) is 26.7 Å². The number of rotatable bonds is 11. The topological polar surface area (TPSA) is 92.3 Å². The van der Waals surface area contributed by atoms with Gasteiger partial charge < -0.3 is 14.4 Å². The number of amides is 1. The first-order valence-electron chi connectivity index (χ1n) is 12.9. The number of carbonyl (C=O) groups is 1. The number of sulfonamides is 1. The number of likely N-dealkylation sites (N-methyl/N-ethyl adjacent to an activating group) is 1. The molecule has 1 saturated heterocycles. The molecule has 0 bridgehead atoms. The lowest BCUT2D eigenvalue weighted by molar-refractivity contribution is -0.123. The number of carbonyl (C=O) groups excluding carboxylic acids is 1. The molecule has 11 heteroatoms. The van der Waals surface area contributed by atoms with Crippen molar-refractivity contribution in [2.45, 2.75) is 31.6 Å². The maximum Gasteiger partial charge on any atom is 0.243 e.